The highest BCUT2D eigenvalue weighted by atomic mass is 35.5. The summed E-state index contributed by atoms with van der Waals surface area (Å²) >= 11 is 12.3. The molecule has 0 aliphatic heterocycles. The number of aryl methyl sites for hydroxylation is 1. The second-order valence-corrected chi connectivity index (χ2v) is 7.31. The van der Waals surface area contributed by atoms with Gasteiger partial charge in [-0.1, -0.05) is 47.0 Å². The molecule has 4 aromatic rings. The molecule has 0 fully saturated rings. The van der Waals surface area contributed by atoms with Gasteiger partial charge in [-0.2, -0.15) is 0 Å². The summed E-state index contributed by atoms with van der Waals surface area (Å²) in [5.41, 5.74) is 1.94. The van der Waals surface area contributed by atoms with E-state index in [0.717, 1.165) is 5.56 Å². The predicted octanol–water partition coefficient (Wildman–Crippen LogP) is 6.78. The third-order valence-electron chi connectivity index (χ3n) is 4.41. The summed E-state index contributed by atoms with van der Waals surface area (Å²) in [5.74, 6) is 1.22. The van der Waals surface area contributed by atoms with Crippen molar-refractivity contribution in [2.24, 2.45) is 0 Å². The van der Waals surface area contributed by atoms with Crippen molar-refractivity contribution in [2.75, 3.05) is 0 Å². The van der Waals surface area contributed by atoms with Gasteiger partial charge in [0.1, 0.15) is 30.0 Å². The molecule has 1 aromatic heterocycles. The Morgan fingerprint density at radius 2 is 1.62 bits per heavy atom. The van der Waals surface area contributed by atoms with E-state index in [9.17, 15) is 4.79 Å². The quantitative estimate of drug-likeness (QED) is 0.352. The normalized spacial score (nSPS) is 10.9. The highest BCUT2D eigenvalue weighted by molar-refractivity contribution is 6.35. The topological polar surface area (TPSA) is 48.7 Å². The Bertz CT molecular complexity index is 1210. The molecule has 0 saturated carbocycles. The van der Waals surface area contributed by atoms with E-state index in [1.807, 2.05) is 19.1 Å². The number of hydrogen-bond acceptors (Lipinski definition) is 4. The minimum absolute atomic E-state index is 0.123. The van der Waals surface area contributed by atoms with Crippen LogP contribution >= 0.6 is 23.2 Å². The van der Waals surface area contributed by atoms with Crippen molar-refractivity contribution in [3.63, 3.8) is 0 Å². The molecule has 0 saturated heterocycles. The van der Waals surface area contributed by atoms with E-state index in [2.05, 4.69) is 0 Å². The molecule has 29 heavy (non-hydrogen) atoms. The van der Waals surface area contributed by atoms with E-state index < -0.39 is 0 Å². The third-order valence-corrected chi connectivity index (χ3v) is 5.12. The summed E-state index contributed by atoms with van der Waals surface area (Å²) in [4.78, 5) is 12.7. The van der Waals surface area contributed by atoms with Gasteiger partial charge in [-0.05, 0) is 43.3 Å². The first-order chi connectivity index (χ1) is 14.0. The average molecular weight is 427 g/mol. The standard InChI is InChI=1S/C23H16Cl2O4/c1-14-5-7-15(8-6-14)29-22-13-28-21-11-16(9-10-17(21)23(22)26)27-12-18-19(24)3-2-4-20(18)25/h2-11,13H,12H2,1H3. The summed E-state index contributed by atoms with van der Waals surface area (Å²) in [5, 5.41) is 1.46. The fourth-order valence-electron chi connectivity index (χ4n) is 2.81. The Kier molecular flexibility index (Phi) is 5.47. The molecule has 4 rings (SSSR count). The Balaban J connectivity index is 1.57. The van der Waals surface area contributed by atoms with Gasteiger partial charge >= 0.3 is 0 Å². The maximum absolute atomic E-state index is 12.7. The molecule has 0 N–H and O–H groups in total. The van der Waals surface area contributed by atoms with E-state index >= 15 is 0 Å². The van der Waals surface area contributed by atoms with Crippen molar-refractivity contribution < 1.29 is 13.9 Å². The molecule has 4 nitrogen and oxygen atoms in total. The Hall–Kier alpha value is -2.95. The highest BCUT2D eigenvalue weighted by Gasteiger charge is 2.11. The molecular weight excluding hydrogens is 411 g/mol. The molecule has 0 bridgehead atoms. The molecule has 1 heterocycles. The number of ether oxygens (including phenoxy) is 2. The van der Waals surface area contributed by atoms with E-state index in [1.165, 1.54) is 6.26 Å². The zero-order valence-electron chi connectivity index (χ0n) is 15.4. The number of fused-ring (bicyclic) bond motifs is 1. The fourth-order valence-corrected chi connectivity index (χ4v) is 3.32. The van der Waals surface area contributed by atoms with Crippen molar-refractivity contribution in [1.82, 2.24) is 0 Å². The van der Waals surface area contributed by atoms with E-state index in [0.29, 0.717) is 38.1 Å². The second kappa shape index (κ2) is 8.19. The molecule has 0 aliphatic carbocycles. The van der Waals surface area contributed by atoms with Gasteiger partial charge in [0.2, 0.25) is 11.2 Å². The Morgan fingerprint density at radius 3 is 2.34 bits per heavy atom. The van der Waals surface area contributed by atoms with E-state index in [4.69, 9.17) is 37.1 Å². The van der Waals surface area contributed by atoms with Crippen molar-refractivity contribution in [3.8, 4) is 17.2 Å². The monoisotopic (exact) mass is 426 g/mol. The van der Waals surface area contributed by atoms with Crippen LogP contribution in [0.5, 0.6) is 17.2 Å². The zero-order valence-corrected chi connectivity index (χ0v) is 17.0. The minimum atomic E-state index is -0.257. The van der Waals surface area contributed by atoms with Crippen LogP contribution in [0.2, 0.25) is 10.0 Å². The first kappa shape index (κ1) is 19.4. The van der Waals surface area contributed by atoms with Crippen LogP contribution < -0.4 is 14.9 Å². The van der Waals surface area contributed by atoms with Gasteiger partial charge in [-0.15, -0.1) is 0 Å². The van der Waals surface area contributed by atoms with Crippen molar-refractivity contribution in [3.05, 3.63) is 98.3 Å². The molecule has 0 aliphatic rings. The molecule has 3 aromatic carbocycles. The maximum Gasteiger partial charge on any atom is 0.235 e. The minimum Gasteiger partial charge on any atom is -0.489 e. The highest BCUT2D eigenvalue weighted by Crippen LogP contribution is 2.28. The lowest BCUT2D eigenvalue weighted by molar-refractivity contribution is 0.306. The zero-order chi connectivity index (χ0) is 20.4. The largest absolute Gasteiger partial charge is 0.489 e. The van der Waals surface area contributed by atoms with Crippen LogP contribution in [0.3, 0.4) is 0 Å². The molecule has 0 amide bonds. The van der Waals surface area contributed by atoms with E-state index in [-0.39, 0.29) is 17.8 Å². The summed E-state index contributed by atoms with van der Waals surface area (Å²) in [7, 11) is 0. The van der Waals surface area contributed by atoms with Gasteiger partial charge < -0.3 is 13.9 Å². The number of hydrogen-bond donors (Lipinski definition) is 0. The second-order valence-electron chi connectivity index (χ2n) is 6.49. The van der Waals surface area contributed by atoms with Gasteiger partial charge in [-0.3, -0.25) is 4.79 Å². The van der Waals surface area contributed by atoms with Crippen LogP contribution in [-0.4, -0.2) is 0 Å². The van der Waals surface area contributed by atoms with Gasteiger partial charge in [0.15, 0.2) is 0 Å². The fraction of sp³-hybridized carbons (Fsp3) is 0.0870. The predicted molar refractivity (Wildman–Crippen MR) is 115 cm³/mol. The SMILES string of the molecule is Cc1ccc(Oc2coc3cc(OCc4c(Cl)cccc4Cl)ccc3c2=O)cc1. The van der Waals surface area contributed by atoms with Crippen molar-refractivity contribution in [2.45, 2.75) is 13.5 Å². The van der Waals surface area contributed by atoms with Crippen LogP contribution in [0.15, 0.2) is 76.1 Å². The van der Waals surface area contributed by atoms with E-state index in [1.54, 1.807) is 48.5 Å². The van der Waals surface area contributed by atoms with Crippen molar-refractivity contribution >= 4 is 34.2 Å². The number of rotatable bonds is 5. The summed E-state index contributed by atoms with van der Waals surface area (Å²) < 4.78 is 17.0. The number of halogens is 2. The number of benzene rings is 3. The summed E-state index contributed by atoms with van der Waals surface area (Å²) in [6.07, 6.45) is 1.30. The molecule has 0 unspecified atom stereocenters. The van der Waals surface area contributed by atoms with Crippen LogP contribution in [0.1, 0.15) is 11.1 Å². The average Bonchev–Trinajstić information content (AvgIpc) is 2.71. The molecule has 0 atom stereocenters. The third kappa shape index (κ3) is 4.24. The van der Waals surface area contributed by atoms with Gasteiger partial charge in [0.05, 0.1) is 5.39 Å². The lowest BCUT2D eigenvalue weighted by Gasteiger charge is -2.10. The molecule has 0 radical (unpaired) electrons. The molecule has 6 heteroatoms. The lowest BCUT2D eigenvalue weighted by Crippen LogP contribution is -2.05. The Morgan fingerprint density at radius 1 is 0.931 bits per heavy atom. The maximum atomic E-state index is 12.7. The first-order valence-corrected chi connectivity index (χ1v) is 9.62. The summed E-state index contributed by atoms with van der Waals surface area (Å²) in [6, 6.07) is 17.7. The van der Waals surface area contributed by atoms with Gasteiger partial charge in [0.25, 0.3) is 0 Å². The molecular formula is C23H16Cl2O4. The molecule has 0 spiro atoms. The van der Waals surface area contributed by atoms with Crippen molar-refractivity contribution in [1.29, 1.82) is 0 Å². The van der Waals surface area contributed by atoms with Crippen LogP contribution in [0.25, 0.3) is 11.0 Å². The molecule has 146 valence electrons. The first-order valence-electron chi connectivity index (χ1n) is 8.87. The van der Waals surface area contributed by atoms with Crippen LogP contribution in [0.4, 0.5) is 0 Å². The summed E-state index contributed by atoms with van der Waals surface area (Å²) in [6.45, 7) is 2.18. The Labute approximate surface area is 177 Å². The van der Waals surface area contributed by atoms with Gasteiger partial charge in [0, 0.05) is 21.7 Å². The lowest BCUT2D eigenvalue weighted by atomic mass is 10.2. The van der Waals surface area contributed by atoms with Crippen LogP contribution in [0, 0.1) is 6.92 Å². The smallest absolute Gasteiger partial charge is 0.235 e. The van der Waals surface area contributed by atoms with Gasteiger partial charge in [-0.25, -0.2) is 0 Å². The van der Waals surface area contributed by atoms with Crippen LogP contribution in [-0.2, 0) is 6.61 Å².